The van der Waals surface area contributed by atoms with Crippen molar-refractivity contribution in [3.8, 4) is 11.5 Å². The van der Waals surface area contributed by atoms with Crippen LogP contribution in [0.3, 0.4) is 0 Å². The van der Waals surface area contributed by atoms with Gasteiger partial charge in [0, 0.05) is 26.2 Å². The van der Waals surface area contributed by atoms with Crippen molar-refractivity contribution in [1.29, 1.82) is 0 Å². The number of hydrogen-bond donors (Lipinski definition) is 0. The van der Waals surface area contributed by atoms with Crippen LogP contribution in [0.15, 0.2) is 0 Å². The third-order valence-corrected chi connectivity index (χ3v) is 4.47. The normalized spacial score (nSPS) is 10.9. The van der Waals surface area contributed by atoms with Crippen molar-refractivity contribution in [1.82, 2.24) is 0 Å². The lowest BCUT2D eigenvalue weighted by molar-refractivity contribution is -0.116. The molecule has 0 atom stereocenters. The highest BCUT2D eigenvalue weighted by molar-refractivity contribution is 5.76. The third kappa shape index (κ3) is 7.75. The largest absolute Gasteiger partial charge is 0.467 e. The molecule has 160 valence electrons. The number of benzene rings is 1. The van der Waals surface area contributed by atoms with Crippen LogP contribution in [0, 0.1) is 20.8 Å². The summed E-state index contributed by atoms with van der Waals surface area (Å²) in [5.41, 5.74) is 3.85. The molecule has 0 fully saturated rings. The highest BCUT2D eigenvalue weighted by atomic mass is 16.7. The Morgan fingerprint density at radius 1 is 0.750 bits per heavy atom. The van der Waals surface area contributed by atoms with Crippen LogP contribution in [0.2, 0.25) is 0 Å². The number of carbonyl (C=O) groups excluding carboxylic acids is 1. The number of methoxy groups -OCH3 is 2. The summed E-state index contributed by atoms with van der Waals surface area (Å²) in [5.74, 6) is 1.65. The van der Waals surface area contributed by atoms with Gasteiger partial charge in [-0.1, -0.05) is 0 Å². The second-order valence-corrected chi connectivity index (χ2v) is 6.54. The van der Waals surface area contributed by atoms with Crippen molar-refractivity contribution in [3.05, 3.63) is 22.3 Å². The molecule has 0 amide bonds. The second kappa shape index (κ2) is 13.5. The molecule has 7 heteroatoms. The minimum Gasteiger partial charge on any atom is -0.467 e. The van der Waals surface area contributed by atoms with Crippen LogP contribution in [0.25, 0.3) is 0 Å². The number of hydrogen-bond acceptors (Lipinski definition) is 7. The zero-order valence-corrected chi connectivity index (χ0v) is 18.0. The smallest absolute Gasteiger partial charge is 0.189 e. The predicted molar refractivity (Wildman–Crippen MR) is 106 cm³/mol. The van der Waals surface area contributed by atoms with Crippen molar-refractivity contribution in [2.75, 3.05) is 54.2 Å². The fourth-order valence-corrected chi connectivity index (χ4v) is 2.77. The summed E-state index contributed by atoms with van der Waals surface area (Å²) in [4.78, 5) is 11.5. The van der Waals surface area contributed by atoms with E-state index in [0.717, 1.165) is 33.8 Å². The Balaban J connectivity index is 3.00. The maximum absolute atomic E-state index is 11.5. The number of Topliss-reactive ketones (excluding diaryl/α,β-unsaturated/α-hetero) is 1. The quantitative estimate of drug-likeness (QED) is 0.332. The average Bonchev–Trinajstić information content (AvgIpc) is 2.66. The van der Waals surface area contributed by atoms with E-state index in [1.54, 1.807) is 21.1 Å². The first-order chi connectivity index (χ1) is 13.4. The van der Waals surface area contributed by atoms with E-state index in [1.807, 2.05) is 20.8 Å². The molecule has 0 bridgehead atoms. The molecule has 0 saturated heterocycles. The Bertz CT molecular complexity index is 614. The summed E-state index contributed by atoms with van der Waals surface area (Å²) in [6.45, 7) is 9.73. The summed E-state index contributed by atoms with van der Waals surface area (Å²) in [6, 6.07) is 0. The van der Waals surface area contributed by atoms with E-state index in [-0.39, 0.29) is 19.4 Å². The standard InChI is InChI=1S/C21H34O7/c1-15(22)7-8-19-18(4)20(27-13-25-11-9-23-5)16(2)17(3)21(19)28-14-26-12-10-24-6/h7-14H2,1-6H3. The molecule has 0 aliphatic rings. The van der Waals surface area contributed by atoms with Gasteiger partial charge < -0.3 is 33.2 Å². The molecule has 0 unspecified atom stereocenters. The van der Waals surface area contributed by atoms with Gasteiger partial charge in [0.25, 0.3) is 0 Å². The summed E-state index contributed by atoms with van der Waals surface area (Å²) in [6.07, 6.45) is 1.02. The first-order valence-electron chi connectivity index (χ1n) is 9.45. The molecule has 28 heavy (non-hydrogen) atoms. The highest BCUT2D eigenvalue weighted by Gasteiger charge is 2.20. The molecule has 0 saturated carbocycles. The van der Waals surface area contributed by atoms with Gasteiger partial charge in [-0.05, 0) is 50.8 Å². The number of ketones is 1. The third-order valence-electron chi connectivity index (χ3n) is 4.47. The molecule has 0 aliphatic carbocycles. The van der Waals surface area contributed by atoms with Crippen LogP contribution >= 0.6 is 0 Å². The molecule has 0 radical (unpaired) electrons. The molecule has 1 rings (SSSR count). The molecule has 1 aromatic rings. The molecule has 1 aromatic carbocycles. The molecular formula is C21H34O7. The minimum absolute atomic E-state index is 0.122. The van der Waals surface area contributed by atoms with Gasteiger partial charge in [-0.3, -0.25) is 0 Å². The molecule has 0 aromatic heterocycles. The van der Waals surface area contributed by atoms with Gasteiger partial charge in [-0.25, -0.2) is 0 Å². The topological polar surface area (TPSA) is 72.5 Å². The zero-order chi connectivity index (χ0) is 20.9. The van der Waals surface area contributed by atoms with E-state index in [1.165, 1.54) is 0 Å². The lowest BCUT2D eigenvalue weighted by Crippen LogP contribution is -2.13. The Morgan fingerprint density at radius 2 is 1.25 bits per heavy atom. The van der Waals surface area contributed by atoms with Crippen molar-refractivity contribution >= 4 is 5.78 Å². The molecular weight excluding hydrogens is 364 g/mol. The van der Waals surface area contributed by atoms with E-state index >= 15 is 0 Å². The van der Waals surface area contributed by atoms with Crippen LogP contribution in [-0.4, -0.2) is 60.0 Å². The molecule has 0 N–H and O–H groups in total. The first-order valence-corrected chi connectivity index (χ1v) is 9.45. The number of ether oxygens (including phenoxy) is 6. The van der Waals surface area contributed by atoms with E-state index in [9.17, 15) is 4.79 Å². The van der Waals surface area contributed by atoms with Gasteiger partial charge >= 0.3 is 0 Å². The van der Waals surface area contributed by atoms with E-state index < -0.39 is 0 Å². The van der Waals surface area contributed by atoms with Crippen LogP contribution in [0.5, 0.6) is 11.5 Å². The monoisotopic (exact) mass is 398 g/mol. The SMILES string of the molecule is COCCOCOc1c(C)c(C)c(OCOCCOC)c(CCC(C)=O)c1C. The van der Waals surface area contributed by atoms with Crippen LogP contribution < -0.4 is 9.47 Å². The summed E-state index contributed by atoms with van der Waals surface area (Å²) in [5, 5.41) is 0. The zero-order valence-electron chi connectivity index (χ0n) is 18.0. The Hall–Kier alpha value is -1.67. The van der Waals surface area contributed by atoms with Crippen LogP contribution in [0.4, 0.5) is 0 Å². The first kappa shape index (κ1) is 24.4. The molecule has 7 nitrogen and oxygen atoms in total. The summed E-state index contributed by atoms with van der Waals surface area (Å²) in [7, 11) is 3.25. The van der Waals surface area contributed by atoms with Crippen LogP contribution in [-0.2, 0) is 30.2 Å². The maximum atomic E-state index is 11.5. The molecule has 0 aliphatic heterocycles. The number of rotatable bonds is 15. The lowest BCUT2D eigenvalue weighted by atomic mass is 9.94. The van der Waals surface area contributed by atoms with Gasteiger partial charge in [0.05, 0.1) is 26.4 Å². The molecule has 0 heterocycles. The highest BCUT2D eigenvalue weighted by Crippen LogP contribution is 2.38. The van der Waals surface area contributed by atoms with Crippen molar-refractivity contribution in [2.45, 2.75) is 40.5 Å². The number of carbonyl (C=O) groups is 1. The summed E-state index contributed by atoms with van der Waals surface area (Å²) >= 11 is 0. The van der Waals surface area contributed by atoms with Gasteiger partial charge in [0.2, 0.25) is 0 Å². The minimum atomic E-state index is 0.122. The maximum Gasteiger partial charge on any atom is 0.189 e. The summed E-state index contributed by atoms with van der Waals surface area (Å²) < 4.78 is 32.6. The van der Waals surface area contributed by atoms with Gasteiger partial charge in [0.15, 0.2) is 13.6 Å². The fraction of sp³-hybridized carbons (Fsp3) is 0.667. The molecule has 0 spiro atoms. The predicted octanol–water partition coefficient (Wildman–Crippen LogP) is 3.13. The fourth-order valence-electron chi connectivity index (χ4n) is 2.77. The lowest BCUT2D eigenvalue weighted by Gasteiger charge is -2.22. The van der Waals surface area contributed by atoms with E-state index in [4.69, 9.17) is 28.4 Å². The van der Waals surface area contributed by atoms with Crippen LogP contribution in [0.1, 0.15) is 35.6 Å². The van der Waals surface area contributed by atoms with Crippen molar-refractivity contribution in [3.63, 3.8) is 0 Å². The van der Waals surface area contributed by atoms with E-state index in [2.05, 4.69) is 0 Å². The van der Waals surface area contributed by atoms with Crippen molar-refractivity contribution < 1.29 is 33.2 Å². The van der Waals surface area contributed by atoms with E-state index in [0.29, 0.717) is 39.3 Å². The van der Waals surface area contributed by atoms with Gasteiger partial charge in [-0.2, -0.15) is 0 Å². The van der Waals surface area contributed by atoms with Gasteiger partial charge in [0.1, 0.15) is 17.3 Å². The van der Waals surface area contributed by atoms with Gasteiger partial charge in [-0.15, -0.1) is 0 Å². The Morgan fingerprint density at radius 3 is 1.75 bits per heavy atom. The second-order valence-electron chi connectivity index (χ2n) is 6.54. The van der Waals surface area contributed by atoms with Crippen molar-refractivity contribution in [2.24, 2.45) is 0 Å². The Kier molecular flexibility index (Phi) is 11.7. The Labute approximate surface area is 168 Å². The average molecular weight is 398 g/mol.